The Morgan fingerprint density at radius 1 is 1.18 bits per heavy atom. The van der Waals surface area contributed by atoms with Gasteiger partial charge in [-0.2, -0.15) is 5.10 Å². The molecule has 0 radical (unpaired) electrons. The average molecular weight is 435 g/mol. The minimum absolute atomic E-state index is 0.0516. The molecule has 1 saturated heterocycles. The Hall–Kier alpha value is -2.35. The smallest absolute Gasteiger partial charge is 0.238 e. The van der Waals surface area contributed by atoms with Crippen molar-refractivity contribution in [1.29, 1.82) is 0 Å². The number of rotatable bonds is 4. The molecule has 1 atom stereocenters. The van der Waals surface area contributed by atoms with E-state index in [1.165, 1.54) is 0 Å². The lowest BCUT2D eigenvalue weighted by atomic mass is 10.1. The number of hydrogen-bond acceptors (Lipinski definition) is 5. The number of anilines is 1. The van der Waals surface area contributed by atoms with Crippen LogP contribution in [0, 0.1) is 0 Å². The standard InChI is InChI=1S/C19H16Cl2N4O2S/c1-11(12-5-7-13(20)8-6-12)24-25-19-23-17(26)10-16(28-19)18(27)22-15-4-2-3-14(21)9-15/h2-9,16H,10H2,1H3,(H,22,27)(H,23,25,26)/b24-11-. The number of nitrogens with zero attached hydrogens (tertiary/aromatic N) is 2. The lowest BCUT2D eigenvalue weighted by Crippen LogP contribution is -2.41. The van der Waals surface area contributed by atoms with Crippen molar-refractivity contribution in [3.8, 4) is 0 Å². The maximum Gasteiger partial charge on any atom is 0.238 e. The van der Waals surface area contributed by atoms with Gasteiger partial charge in [-0.1, -0.05) is 53.2 Å². The topological polar surface area (TPSA) is 82.9 Å². The largest absolute Gasteiger partial charge is 0.325 e. The van der Waals surface area contributed by atoms with Crippen LogP contribution >= 0.6 is 35.0 Å². The fourth-order valence-electron chi connectivity index (χ4n) is 2.40. The highest BCUT2D eigenvalue weighted by atomic mass is 35.5. The van der Waals surface area contributed by atoms with Crippen LogP contribution in [-0.4, -0.2) is 27.9 Å². The predicted molar refractivity (Wildman–Crippen MR) is 115 cm³/mol. The van der Waals surface area contributed by atoms with Crippen molar-refractivity contribution in [1.82, 2.24) is 5.32 Å². The summed E-state index contributed by atoms with van der Waals surface area (Å²) >= 11 is 13.0. The number of hydrogen-bond donors (Lipinski definition) is 2. The van der Waals surface area contributed by atoms with Crippen molar-refractivity contribution in [3.05, 3.63) is 64.1 Å². The fraction of sp³-hybridized carbons (Fsp3) is 0.158. The SMILES string of the molecule is C/C(=N/N=C1/NC(=O)CC(C(=O)Nc2cccc(Cl)c2)S1)c1ccc(Cl)cc1. The molecular formula is C19H16Cl2N4O2S. The van der Waals surface area contributed by atoms with E-state index in [0.29, 0.717) is 21.4 Å². The second-order valence-electron chi connectivity index (χ2n) is 5.96. The van der Waals surface area contributed by atoms with E-state index in [1.807, 2.05) is 12.1 Å². The summed E-state index contributed by atoms with van der Waals surface area (Å²) in [4.78, 5) is 24.5. The van der Waals surface area contributed by atoms with Crippen molar-refractivity contribution in [2.75, 3.05) is 5.32 Å². The summed E-state index contributed by atoms with van der Waals surface area (Å²) < 4.78 is 0. The second kappa shape index (κ2) is 9.23. The minimum Gasteiger partial charge on any atom is -0.325 e. The number of halogens is 2. The third kappa shape index (κ3) is 5.58. The first-order valence-corrected chi connectivity index (χ1v) is 9.95. The summed E-state index contributed by atoms with van der Waals surface area (Å²) in [6.45, 7) is 1.80. The van der Waals surface area contributed by atoms with Crippen LogP contribution in [0.4, 0.5) is 5.69 Å². The van der Waals surface area contributed by atoms with Gasteiger partial charge in [-0.15, -0.1) is 5.10 Å². The van der Waals surface area contributed by atoms with Crippen LogP contribution < -0.4 is 10.6 Å². The van der Waals surface area contributed by atoms with E-state index in [4.69, 9.17) is 23.2 Å². The van der Waals surface area contributed by atoms with Crippen LogP contribution in [0.1, 0.15) is 18.9 Å². The van der Waals surface area contributed by atoms with Gasteiger partial charge in [-0.05, 0) is 42.8 Å². The molecule has 1 aliphatic rings. The maximum absolute atomic E-state index is 12.5. The summed E-state index contributed by atoms with van der Waals surface area (Å²) in [5, 5.41) is 14.4. The predicted octanol–water partition coefficient (Wildman–Crippen LogP) is 4.33. The number of benzene rings is 2. The van der Waals surface area contributed by atoms with E-state index in [0.717, 1.165) is 17.3 Å². The van der Waals surface area contributed by atoms with E-state index >= 15 is 0 Å². The Labute approximate surface area is 176 Å². The summed E-state index contributed by atoms with van der Waals surface area (Å²) in [6.07, 6.45) is 0.0516. The van der Waals surface area contributed by atoms with Crippen LogP contribution in [-0.2, 0) is 9.59 Å². The van der Waals surface area contributed by atoms with Crippen molar-refractivity contribution >= 4 is 63.3 Å². The van der Waals surface area contributed by atoms with Crippen molar-refractivity contribution < 1.29 is 9.59 Å². The number of nitrogens with one attached hydrogen (secondary N) is 2. The number of thioether (sulfide) groups is 1. The monoisotopic (exact) mass is 434 g/mol. The molecule has 2 N–H and O–H groups in total. The van der Waals surface area contributed by atoms with Crippen molar-refractivity contribution in [2.45, 2.75) is 18.6 Å². The fourth-order valence-corrected chi connectivity index (χ4v) is 3.64. The highest BCUT2D eigenvalue weighted by Gasteiger charge is 2.30. The van der Waals surface area contributed by atoms with Gasteiger partial charge >= 0.3 is 0 Å². The molecule has 144 valence electrons. The number of amides is 2. The molecular weight excluding hydrogens is 419 g/mol. The van der Waals surface area contributed by atoms with Gasteiger partial charge in [0.25, 0.3) is 0 Å². The van der Waals surface area contributed by atoms with Crippen LogP contribution in [0.2, 0.25) is 10.0 Å². The molecule has 2 amide bonds. The number of amidine groups is 1. The molecule has 0 aromatic heterocycles. The van der Waals surface area contributed by atoms with Crippen LogP contribution in [0.3, 0.4) is 0 Å². The van der Waals surface area contributed by atoms with E-state index in [-0.39, 0.29) is 23.4 Å². The third-order valence-electron chi connectivity index (χ3n) is 3.81. The molecule has 9 heteroatoms. The minimum atomic E-state index is -0.613. The zero-order valence-electron chi connectivity index (χ0n) is 14.8. The van der Waals surface area contributed by atoms with Gasteiger partial charge in [0.15, 0.2) is 5.17 Å². The van der Waals surface area contributed by atoms with Crippen LogP contribution in [0.15, 0.2) is 58.7 Å². The molecule has 1 fully saturated rings. The van der Waals surface area contributed by atoms with Crippen molar-refractivity contribution in [2.24, 2.45) is 10.2 Å². The highest BCUT2D eigenvalue weighted by molar-refractivity contribution is 8.15. The number of carbonyl (C=O) groups excluding carboxylic acids is 2. The quantitative estimate of drug-likeness (QED) is 0.554. The zero-order valence-corrected chi connectivity index (χ0v) is 17.1. The molecule has 2 aromatic carbocycles. The molecule has 1 unspecified atom stereocenters. The molecule has 1 aliphatic heterocycles. The molecule has 0 aliphatic carbocycles. The van der Waals surface area contributed by atoms with Gasteiger partial charge in [0, 0.05) is 22.2 Å². The first kappa shape index (κ1) is 20.4. The normalized spacial score (nSPS) is 18.7. The summed E-state index contributed by atoms with van der Waals surface area (Å²) in [6, 6.07) is 14.0. The average Bonchev–Trinajstić information content (AvgIpc) is 2.66. The first-order valence-electron chi connectivity index (χ1n) is 8.32. The Balaban J connectivity index is 1.70. The Morgan fingerprint density at radius 2 is 1.93 bits per heavy atom. The molecule has 2 aromatic rings. The van der Waals surface area contributed by atoms with E-state index < -0.39 is 5.25 Å². The second-order valence-corrected chi connectivity index (χ2v) is 8.02. The molecule has 6 nitrogen and oxygen atoms in total. The first-order chi connectivity index (χ1) is 13.4. The molecule has 0 spiro atoms. The van der Waals surface area contributed by atoms with E-state index in [2.05, 4.69) is 20.8 Å². The maximum atomic E-state index is 12.5. The van der Waals surface area contributed by atoms with Gasteiger partial charge in [0.05, 0.1) is 5.71 Å². The van der Waals surface area contributed by atoms with Gasteiger partial charge in [-0.25, -0.2) is 0 Å². The lowest BCUT2D eigenvalue weighted by molar-refractivity contribution is -0.123. The highest BCUT2D eigenvalue weighted by Crippen LogP contribution is 2.23. The van der Waals surface area contributed by atoms with Gasteiger partial charge in [0.2, 0.25) is 11.8 Å². The third-order valence-corrected chi connectivity index (χ3v) is 5.37. The molecule has 3 rings (SSSR count). The molecule has 28 heavy (non-hydrogen) atoms. The van der Waals surface area contributed by atoms with Crippen LogP contribution in [0.25, 0.3) is 0 Å². The van der Waals surface area contributed by atoms with Gasteiger partial charge in [0.1, 0.15) is 5.25 Å². The molecule has 0 bridgehead atoms. The zero-order chi connectivity index (χ0) is 20.1. The summed E-state index contributed by atoms with van der Waals surface area (Å²) in [7, 11) is 0. The Kier molecular flexibility index (Phi) is 6.72. The van der Waals surface area contributed by atoms with Crippen molar-refractivity contribution in [3.63, 3.8) is 0 Å². The Bertz CT molecular complexity index is 961. The summed E-state index contributed by atoms with van der Waals surface area (Å²) in [5.74, 6) is -0.587. The Morgan fingerprint density at radius 3 is 2.64 bits per heavy atom. The molecule has 0 saturated carbocycles. The number of carbonyl (C=O) groups is 2. The summed E-state index contributed by atoms with van der Waals surface area (Å²) in [5.41, 5.74) is 2.08. The lowest BCUT2D eigenvalue weighted by Gasteiger charge is -2.21. The van der Waals surface area contributed by atoms with E-state index in [1.54, 1.807) is 43.3 Å². The molecule has 1 heterocycles. The van der Waals surface area contributed by atoms with E-state index in [9.17, 15) is 9.59 Å². The van der Waals surface area contributed by atoms with Crippen LogP contribution in [0.5, 0.6) is 0 Å². The van der Waals surface area contributed by atoms with Gasteiger partial charge in [-0.3, -0.25) is 9.59 Å². The van der Waals surface area contributed by atoms with Gasteiger partial charge < -0.3 is 10.6 Å².